The highest BCUT2D eigenvalue weighted by molar-refractivity contribution is 6.28. The standard InChI is InChI=1S/C8H6ClN3O2/c1-13-6-5(3-2-4-10-6)7-11-8(9)12-14-7/h2-4H,1H3. The maximum atomic E-state index is 5.53. The van der Waals surface area contributed by atoms with Crippen molar-refractivity contribution >= 4 is 11.6 Å². The zero-order chi connectivity index (χ0) is 9.97. The molecule has 6 heteroatoms. The summed E-state index contributed by atoms with van der Waals surface area (Å²) >= 11 is 5.53. The molecule has 0 saturated heterocycles. The van der Waals surface area contributed by atoms with E-state index in [1.54, 1.807) is 18.3 Å². The zero-order valence-electron chi connectivity index (χ0n) is 7.27. The van der Waals surface area contributed by atoms with Crippen LogP contribution in [0, 0.1) is 0 Å². The fourth-order valence-corrected chi connectivity index (χ4v) is 1.14. The second kappa shape index (κ2) is 3.63. The summed E-state index contributed by atoms with van der Waals surface area (Å²) in [7, 11) is 1.52. The molecule has 0 aromatic carbocycles. The molecular formula is C8H6ClN3O2. The van der Waals surface area contributed by atoms with E-state index < -0.39 is 0 Å². The highest BCUT2D eigenvalue weighted by Gasteiger charge is 2.12. The molecule has 0 bridgehead atoms. The van der Waals surface area contributed by atoms with Gasteiger partial charge in [-0.3, -0.25) is 0 Å². The summed E-state index contributed by atoms with van der Waals surface area (Å²) < 4.78 is 9.91. The van der Waals surface area contributed by atoms with Crippen LogP contribution in [0.4, 0.5) is 0 Å². The highest BCUT2D eigenvalue weighted by Crippen LogP contribution is 2.26. The molecule has 0 unspecified atom stereocenters. The van der Waals surface area contributed by atoms with Crippen LogP contribution in [-0.4, -0.2) is 22.2 Å². The molecule has 0 aliphatic heterocycles. The SMILES string of the molecule is COc1ncccc1-c1nc(Cl)no1. The minimum atomic E-state index is 0.0610. The monoisotopic (exact) mass is 211 g/mol. The molecule has 0 aliphatic rings. The Bertz CT molecular complexity index is 444. The van der Waals surface area contributed by atoms with Crippen molar-refractivity contribution in [3.8, 4) is 17.3 Å². The first-order valence-corrected chi connectivity index (χ1v) is 4.17. The van der Waals surface area contributed by atoms with Gasteiger partial charge in [-0.05, 0) is 28.9 Å². The number of hydrogen-bond acceptors (Lipinski definition) is 5. The molecule has 2 aromatic heterocycles. The Hall–Kier alpha value is -1.62. The average molecular weight is 212 g/mol. The summed E-state index contributed by atoms with van der Waals surface area (Å²) in [6.45, 7) is 0. The number of pyridine rings is 1. The molecule has 0 saturated carbocycles. The molecule has 0 N–H and O–H groups in total. The Morgan fingerprint density at radius 1 is 1.50 bits per heavy atom. The van der Waals surface area contributed by atoms with E-state index in [0.717, 1.165) is 0 Å². The number of rotatable bonds is 2. The number of hydrogen-bond donors (Lipinski definition) is 0. The largest absolute Gasteiger partial charge is 0.480 e. The molecule has 0 fully saturated rings. The molecule has 72 valence electrons. The van der Waals surface area contributed by atoms with Crippen LogP contribution in [0.5, 0.6) is 5.88 Å². The third kappa shape index (κ3) is 1.54. The summed E-state index contributed by atoms with van der Waals surface area (Å²) in [4.78, 5) is 7.85. The van der Waals surface area contributed by atoms with Crippen LogP contribution < -0.4 is 4.74 Å². The molecule has 0 atom stereocenters. The van der Waals surface area contributed by atoms with E-state index in [1.165, 1.54) is 7.11 Å². The van der Waals surface area contributed by atoms with Crippen molar-refractivity contribution in [3.63, 3.8) is 0 Å². The van der Waals surface area contributed by atoms with Crippen molar-refractivity contribution in [3.05, 3.63) is 23.6 Å². The fraction of sp³-hybridized carbons (Fsp3) is 0.125. The van der Waals surface area contributed by atoms with Crippen molar-refractivity contribution in [2.24, 2.45) is 0 Å². The van der Waals surface area contributed by atoms with Gasteiger partial charge in [0.15, 0.2) is 0 Å². The number of halogens is 1. The smallest absolute Gasteiger partial charge is 0.264 e. The van der Waals surface area contributed by atoms with Crippen LogP contribution in [-0.2, 0) is 0 Å². The molecule has 2 heterocycles. The lowest BCUT2D eigenvalue weighted by Crippen LogP contribution is -1.90. The first-order valence-electron chi connectivity index (χ1n) is 3.80. The van der Waals surface area contributed by atoms with Crippen molar-refractivity contribution in [1.82, 2.24) is 15.1 Å². The first-order chi connectivity index (χ1) is 6.81. The van der Waals surface area contributed by atoms with Gasteiger partial charge < -0.3 is 9.26 Å². The Labute approximate surface area is 84.7 Å². The lowest BCUT2D eigenvalue weighted by molar-refractivity contribution is 0.391. The van der Waals surface area contributed by atoms with Crippen molar-refractivity contribution < 1.29 is 9.26 Å². The second-order valence-corrected chi connectivity index (χ2v) is 2.77. The van der Waals surface area contributed by atoms with Gasteiger partial charge >= 0.3 is 0 Å². The Kier molecular flexibility index (Phi) is 2.32. The van der Waals surface area contributed by atoms with Crippen molar-refractivity contribution in [2.75, 3.05) is 7.11 Å². The van der Waals surface area contributed by atoms with Crippen LogP contribution in [0.15, 0.2) is 22.9 Å². The summed E-state index contributed by atoms with van der Waals surface area (Å²) in [5.41, 5.74) is 0.620. The van der Waals surface area contributed by atoms with Crippen molar-refractivity contribution in [2.45, 2.75) is 0 Å². The third-order valence-electron chi connectivity index (χ3n) is 1.60. The van der Waals surface area contributed by atoms with Crippen LogP contribution in [0.1, 0.15) is 0 Å². The molecule has 0 spiro atoms. The maximum Gasteiger partial charge on any atom is 0.264 e. The van der Waals surface area contributed by atoms with E-state index in [4.69, 9.17) is 20.9 Å². The first kappa shape index (κ1) is 8.96. The lowest BCUT2D eigenvalue weighted by atomic mass is 10.3. The van der Waals surface area contributed by atoms with Gasteiger partial charge in [0, 0.05) is 6.20 Å². The second-order valence-electron chi connectivity index (χ2n) is 2.43. The Morgan fingerprint density at radius 2 is 2.36 bits per heavy atom. The van der Waals surface area contributed by atoms with Gasteiger partial charge in [-0.1, -0.05) is 0 Å². The van der Waals surface area contributed by atoms with Gasteiger partial charge in [0.25, 0.3) is 11.2 Å². The van der Waals surface area contributed by atoms with Gasteiger partial charge in [0.1, 0.15) is 5.56 Å². The summed E-state index contributed by atoms with van der Waals surface area (Å²) in [5, 5.41) is 3.53. The van der Waals surface area contributed by atoms with Crippen LogP contribution >= 0.6 is 11.6 Å². The molecule has 2 aromatic rings. The summed E-state index contributed by atoms with van der Waals surface area (Å²) in [6, 6.07) is 3.51. The van der Waals surface area contributed by atoms with E-state index in [0.29, 0.717) is 17.3 Å². The molecule has 14 heavy (non-hydrogen) atoms. The van der Waals surface area contributed by atoms with Gasteiger partial charge in [-0.15, -0.1) is 0 Å². The molecule has 0 aliphatic carbocycles. The van der Waals surface area contributed by atoms with E-state index >= 15 is 0 Å². The average Bonchev–Trinajstić information content (AvgIpc) is 2.65. The fourth-order valence-electron chi connectivity index (χ4n) is 1.03. The maximum absolute atomic E-state index is 5.53. The predicted octanol–water partition coefficient (Wildman–Crippen LogP) is 1.79. The molecule has 5 nitrogen and oxygen atoms in total. The highest BCUT2D eigenvalue weighted by atomic mass is 35.5. The van der Waals surface area contributed by atoms with E-state index in [2.05, 4.69) is 15.1 Å². The topological polar surface area (TPSA) is 61.0 Å². The van der Waals surface area contributed by atoms with Gasteiger partial charge in [-0.2, -0.15) is 4.98 Å². The van der Waals surface area contributed by atoms with Gasteiger partial charge in [0.05, 0.1) is 7.11 Å². The number of nitrogens with zero attached hydrogens (tertiary/aromatic N) is 3. The normalized spacial score (nSPS) is 10.1. The van der Waals surface area contributed by atoms with E-state index in [-0.39, 0.29) is 5.28 Å². The quantitative estimate of drug-likeness (QED) is 0.758. The van der Waals surface area contributed by atoms with E-state index in [9.17, 15) is 0 Å². The number of methoxy groups -OCH3 is 1. The van der Waals surface area contributed by atoms with Crippen LogP contribution in [0.3, 0.4) is 0 Å². The minimum Gasteiger partial charge on any atom is -0.480 e. The molecule has 0 radical (unpaired) electrons. The predicted molar refractivity (Wildman–Crippen MR) is 49.1 cm³/mol. The lowest BCUT2D eigenvalue weighted by Gasteiger charge is -2.01. The van der Waals surface area contributed by atoms with E-state index in [1.807, 2.05) is 0 Å². The van der Waals surface area contributed by atoms with Gasteiger partial charge in [0.2, 0.25) is 5.88 Å². The number of aromatic nitrogens is 3. The molecular weight excluding hydrogens is 206 g/mol. The number of ether oxygens (including phenoxy) is 1. The third-order valence-corrected chi connectivity index (χ3v) is 1.75. The van der Waals surface area contributed by atoms with Crippen LogP contribution in [0.2, 0.25) is 5.28 Å². The summed E-state index contributed by atoms with van der Waals surface area (Å²) in [6.07, 6.45) is 1.61. The zero-order valence-corrected chi connectivity index (χ0v) is 8.02. The Morgan fingerprint density at radius 3 is 3.00 bits per heavy atom. The van der Waals surface area contributed by atoms with Gasteiger partial charge in [-0.25, -0.2) is 4.98 Å². The Balaban J connectivity index is 2.50. The van der Waals surface area contributed by atoms with Crippen LogP contribution in [0.25, 0.3) is 11.5 Å². The van der Waals surface area contributed by atoms with Crippen molar-refractivity contribution in [1.29, 1.82) is 0 Å². The molecule has 2 rings (SSSR count). The minimum absolute atomic E-state index is 0.0610. The summed E-state index contributed by atoms with van der Waals surface area (Å²) in [5.74, 6) is 0.716. The molecule has 0 amide bonds.